The summed E-state index contributed by atoms with van der Waals surface area (Å²) in [6.45, 7) is 4.29. The lowest BCUT2D eigenvalue weighted by molar-refractivity contribution is 0.535. The number of fused-ring (bicyclic) bond motifs is 1. The van der Waals surface area contributed by atoms with E-state index in [1.54, 1.807) is 6.20 Å². The summed E-state index contributed by atoms with van der Waals surface area (Å²) in [5.41, 5.74) is 13.2. The Morgan fingerprint density at radius 3 is 2.86 bits per heavy atom. The molecule has 4 rings (SSSR count). The average Bonchev–Trinajstić information content (AvgIpc) is 3.04. The Labute approximate surface area is 179 Å². The molecule has 1 saturated heterocycles. The smallest absolute Gasteiger partial charge is 0.179 e. The molecule has 1 aliphatic heterocycles. The van der Waals surface area contributed by atoms with Crippen molar-refractivity contribution in [1.82, 2.24) is 19.9 Å². The molecule has 3 aromatic rings. The lowest BCUT2D eigenvalue weighted by Crippen LogP contribution is -2.38. The predicted molar refractivity (Wildman–Crippen MR) is 118 cm³/mol. The fraction of sp³-hybridized carbons (Fsp3) is 0.400. The van der Waals surface area contributed by atoms with Crippen LogP contribution in [0, 0.1) is 0 Å². The molecule has 3 atom stereocenters. The van der Waals surface area contributed by atoms with E-state index in [-0.39, 0.29) is 6.04 Å². The van der Waals surface area contributed by atoms with Gasteiger partial charge < -0.3 is 16.4 Å². The van der Waals surface area contributed by atoms with Crippen LogP contribution in [0.2, 0.25) is 5.02 Å². The van der Waals surface area contributed by atoms with Crippen LogP contribution in [0.4, 0.5) is 11.6 Å². The Hall–Kier alpha value is -2.16. The van der Waals surface area contributed by atoms with Gasteiger partial charge in [0.15, 0.2) is 5.65 Å². The molecule has 9 heteroatoms. The highest BCUT2D eigenvalue weighted by Gasteiger charge is 2.32. The van der Waals surface area contributed by atoms with Gasteiger partial charge in [-0.1, -0.05) is 23.4 Å². The molecular formula is C20H24ClN7S. The SMILES string of the molecule is CC(N)C[C@@H]1CC[C@@H](C)N1c1cnc2nc(Sc3ccnc(N)c3Cl)ccc2n1. The third-order valence-corrected chi connectivity index (χ3v) is 6.66. The van der Waals surface area contributed by atoms with E-state index in [1.165, 1.54) is 11.8 Å². The standard InChI is InChI=1S/C20H24ClN7S/c1-11(22)9-13-4-3-12(2)28(13)16-10-25-20-14(26-16)5-6-17(27-20)29-15-7-8-24-19(23)18(15)21/h5-8,10-13H,3-4,9,22H2,1-2H3,(H2,23,24)/t11?,12-,13+/m1/s1. The van der Waals surface area contributed by atoms with Crippen molar-refractivity contribution in [2.75, 3.05) is 10.6 Å². The van der Waals surface area contributed by atoms with Crippen LogP contribution in [-0.4, -0.2) is 38.1 Å². The van der Waals surface area contributed by atoms with E-state index in [0.717, 1.165) is 40.5 Å². The van der Waals surface area contributed by atoms with E-state index < -0.39 is 0 Å². The maximum absolute atomic E-state index is 6.24. The number of nitrogen functional groups attached to an aromatic ring is 1. The molecule has 1 fully saturated rings. The summed E-state index contributed by atoms with van der Waals surface area (Å²) >= 11 is 7.66. The van der Waals surface area contributed by atoms with Gasteiger partial charge in [0.05, 0.1) is 11.2 Å². The highest BCUT2D eigenvalue weighted by molar-refractivity contribution is 7.99. The second kappa shape index (κ2) is 8.30. The first-order valence-electron chi connectivity index (χ1n) is 9.68. The van der Waals surface area contributed by atoms with Gasteiger partial charge in [0.25, 0.3) is 0 Å². The van der Waals surface area contributed by atoms with Crippen LogP contribution in [0.1, 0.15) is 33.1 Å². The van der Waals surface area contributed by atoms with Crippen LogP contribution in [0.15, 0.2) is 40.5 Å². The lowest BCUT2D eigenvalue weighted by Gasteiger charge is -2.30. The molecule has 7 nitrogen and oxygen atoms in total. The molecular weight excluding hydrogens is 406 g/mol. The van der Waals surface area contributed by atoms with Crippen LogP contribution < -0.4 is 16.4 Å². The van der Waals surface area contributed by atoms with Crippen LogP contribution in [-0.2, 0) is 0 Å². The highest BCUT2D eigenvalue weighted by Crippen LogP contribution is 2.35. The molecule has 1 aliphatic rings. The van der Waals surface area contributed by atoms with Gasteiger partial charge in [0, 0.05) is 29.2 Å². The van der Waals surface area contributed by atoms with Gasteiger partial charge >= 0.3 is 0 Å². The minimum atomic E-state index is 0.163. The number of nitrogens with zero attached hydrogens (tertiary/aromatic N) is 5. The third-order valence-electron chi connectivity index (χ3n) is 5.16. The number of halogens is 1. The van der Waals surface area contributed by atoms with Crippen molar-refractivity contribution in [3.05, 3.63) is 35.6 Å². The summed E-state index contributed by atoms with van der Waals surface area (Å²) in [5, 5.41) is 1.21. The highest BCUT2D eigenvalue weighted by atomic mass is 35.5. The normalized spacial score (nSPS) is 20.3. The first-order valence-corrected chi connectivity index (χ1v) is 10.9. The molecule has 0 amide bonds. The van der Waals surface area contributed by atoms with Crippen molar-refractivity contribution < 1.29 is 0 Å². The van der Waals surface area contributed by atoms with Gasteiger partial charge in [-0.3, -0.25) is 0 Å². The molecule has 3 aromatic heterocycles. The number of pyridine rings is 2. The zero-order valence-corrected chi connectivity index (χ0v) is 18.0. The van der Waals surface area contributed by atoms with Crippen LogP contribution in [0.5, 0.6) is 0 Å². The Morgan fingerprint density at radius 2 is 2.07 bits per heavy atom. The topological polar surface area (TPSA) is 107 Å². The molecule has 29 heavy (non-hydrogen) atoms. The van der Waals surface area contributed by atoms with E-state index in [9.17, 15) is 0 Å². The third kappa shape index (κ3) is 4.24. The van der Waals surface area contributed by atoms with Crippen molar-refractivity contribution >= 4 is 46.2 Å². The minimum Gasteiger partial charge on any atom is -0.382 e. The van der Waals surface area contributed by atoms with Gasteiger partial charge in [0.2, 0.25) is 0 Å². The molecule has 4 N–H and O–H groups in total. The zero-order chi connectivity index (χ0) is 20.5. The molecule has 0 saturated carbocycles. The Morgan fingerprint density at radius 1 is 1.24 bits per heavy atom. The summed E-state index contributed by atoms with van der Waals surface area (Å²) in [7, 11) is 0. The Bertz CT molecular complexity index is 1030. The van der Waals surface area contributed by atoms with Gasteiger partial charge in [-0.25, -0.2) is 19.9 Å². The largest absolute Gasteiger partial charge is 0.382 e. The van der Waals surface area contributed by atoms with E-state index in [2.05, 4.69) is 33.7 Å². The van der Waals surface area contributed by atoms with Crippen molar-refractivity contribution in [3.63, 3.8) is 0 Å². The molecule has 0 aliphatic carbocycles. The molecule has 4 heterocycles. The van der Waals surface area contributed by atoms with Crippen molar-refractivity contribution in [2.45, 2.75) is 61.2 Å². The summed E-state index contributed by atoms with van der Waals surface area (Å²) < 4.78 is 0. The first kappa shape index (κ1) is 20.1. The number of hydrogen-bond donors (Lipinski definition) is 2. The van der Waals surface area contributed by atoms with Gasteiger partial charge in [-0.2, -0.15) is 0 Å². The Kier molecular flexibility index (Phi) is 5.76. The van der Waals surface area contributed by atoms with Crippen LogP contribution in [0.3, 0.4) is 0 Å². The zero-order valence-electron chi connectivity index (χ0n) is 16.4. The number of rotatable bonds is 5. The average molecular weight is 430 g/mol. The second-order valence-electron chi connectivity index (χ2n) is 7.53. The molecule has 0 aromatic carbocycles. The van der Waals surface area contributed by atoms with E-state index in [1.807, 2.05) is 24.4 Å². The number of aromatic nitrogens is 4. The summed E-state index contributed by atoms with van der Waals surface area (Å²) in [4.78, 5) is 21.2. The van der Waals surface area contributed by atoms with E-state index >= 15 is 0 Å². The maximum atomic E-state index is 6.24. The maximum Gasteiger partial charge on any atom is 0.179 e. The molecule has 152 valence electrons. The molecule has 0 spiro atoms. The number of hydrogen-bond acceptors (Lipinski definition) is 8. The fourth-order valence-corrected chi connectivity index (χ4v) is 4.88. The summed E-state index contributed by atoms with van der Waals surface area (Å²) in [6.07, 6.45) is 6.67. The monoisotopic (exact) mass is 429 g/mol. The minimum absolute atomic E-state index is 0.163. The first-order chi connectivity index (χ1) is 13.9. The molecule has 0 bridgehead atoms. The summed E-state index contributed by atoms with van der Waals surface area (Å²) in [6, 6.07) is 6.67. The number of nitrogens with two attached hydrogens (primary N) is 2. The van der Waals surface area contributed by atoms with Crippen LogP contribution >= 0.6 is 23.4 Å². The van der Waals surface area contributed by atoms with E-state index in [0.29, 0.717) is 28.6 Å². The summed E-state index contributed by atoms with van der Waals surface area (Å²) in [5.74, 6) is 1.20. The van der Waals surface area contributed by atoms with E-state index in [4.69, 9.17) is 28.1 Å². The number of anilines is 2. The van der Waals surface area contributed by atoms with Gasteiger partial charge in [-0.15, -0.1) is 0 Å². The van der Waals surface area contributed by atoms with Crippen LogP contribution in [0.25, 0.3) is 11.2 Å². The fourth-order valence-electron chi connectivity index (χ4n) is 3.84. The van der Waals surface area contributed by atoms with Crippen molar-refractivity contribution in [3.8, 4) is 0 Å². The predicted octanol–water partition coefficient (Wildman–Crippen LogP) is 3.90. The Balaban J connectivity index is 1.61. The van der Waals surface area contributed by atoms with Crippen molar-refractivity contribution in [1.29, 1.82) is 0 Å². The second-order valence-corrected chi connectivity index (χ2v) is 8.97. The quantitative estimate of drug-likeness (QED) is 0.628. The van der Waals surface area contributed by atoms with Crippen molar-refractivity contribution in [2.24, 2.45) is 5.73 Å². The lowest BCUT2D eigenvalue weighted by atomic mass is 10.1. The van der Waals surface area contributed by atoms with Gasteiger partial charge in [-0.05, 0) is 51.3 Å². The molecule has 1 unspecified atom stereocenters. The van der Waals surface area contributed by atoms with Gasteiger partial charge in [0.1, 0.15) is 22.2 Å². The molecule has 0 radical (unpaired) electrons.